The molecule has 0 spiro atoms. The molecule has 5 heteroatoms. The number of aryl methyl sites for hydroxylation is 1. The van der Waals surface area contributed by atoms with Crippen LogP contribution in [-0.4, -0.2) is 15.9 Å². The monoisotopic (exact) mass is 303 g/mol. The fourth-order valence-corrected chi connectivity index (χ4v) is 2.03. The van der Waals surface area contributed by atoms with E-state index in [-0.39, 0.29) is 11.3 Å². The molecule has 0 unspecified atom stereocenters. The summed E-state index contributed by atoms with van der Waals surface area (Å²) in [6, 6.07) is 6.93. The molecule has 1 N–H and O–H groups in total. The fourth-order valence-electron chi connectivity index (χ4n) is 1.82. The molecule has 2 rings (SSSR count). The first kappa shape index (κ1) is 15.4. The first-order chi connectivity index (χ1) is 9.77. The summed E-state index contributed by atoms with van der Waals surface area (Å²) in [6.45, 7) is 7.92. The molecule has 0 fully saturated rings. The van der Waals surface area contributed by atoms with Gasteiger partial charge in [0.05, 0.1) is 11.4 Å². The summed E-state index contributed by atoms with van der Waals surface area (Å²) in [7, 11) is 0. The van der Waals surface area contributed by atoms with Gasteiger partial charge in [-0.25, -0.2) is 4.98 Å². The van der Waals surface area contributed by atoms with Crippen LogP contribution < -0.4 is 5.32 Å². The lowest BCUT2D eigenvalue weighted by Gasteiger charge is -2.18. The van der Waals surface area contributed by atoms with Gasteiger partial charge in [0, 0.05) is 22.9 Å². The van der Waals surface area contributed by atoms with Crippen LogP contribution >= 0.6 is 11.6 Å². The molecule has 0 saturated carbocycles. The first-order valence-electron chi connectivity index (χ1n) is 6.68. The third-order valence-electron chi connectivity index (χ3n) is 3.08. The zero-order valence-corrected chi connectivity index (χ0v) is 13.3. The Bertz CT molecular complexity index is 677. The van der Waals surface area contributed by atoms with Crippen LogP contribution in [-0.2, 0) is 5.41 Å². The van der Waals surface area contributed by atoms with E-state index in [2.05, 4.69) is 15.3 Å². The fraction of sp³-hybridized carbons (Fsp3) is 0.312. The van der Waals surface area contributed by atoms with Crippen molar-refractivity contribution in [3.8, 4) is 0 Å². The molecule has 2 heterocycles. The van der Waals surface area contributed by atoms with E-state index >= 15 is 0 Å². The normalized spacial score (nSPS) is 11.3. The van der Waals surface area contributed by atoms with Gasteiger partial charge in [-0.3, -0.25) is 9.78 Å². The van der Waals surface area contributed by atoms with E-state index in [4.69, 9.17) is 11.6 Å². The third-order valence-corrected chi connectivity index (χ3v) is 3.27. The van der Waals surface area contributed by atoms with Crippen molar-refractivity contribution in [3.05, 3.63) is 52.6 Å². The Morgan fingerprint density at radius 2 is 2.00 bits per heavy atom. The van der Waals surface area contributed by atoms with E-state index in [1.807, 2.05) is 33.8 Å². The summed E-state index contributed by atoms with van der Waals surface area (Å²) in [6.07, 6.45) is 1.69. The second kappa shape index (κ2) is 5.82. The molecule has 2 aromatic heterocycles. The minimum absolute atomic E-state index is 0.176. The Morgan fingerprint density at radius 1 is 1.29 bits per heavy atom. The Kier molecular flexibility index (Phi) is 4.28. The van der Waals surface area contributed by atoms with E-state index in [9.17, 15) is 4.79 Å². The van der Waals surface area contributed by atoms with Gasteiger partial charge < -0.3 is 5.32 Å². The summed E-state index contributed by atoms with van der Waals surface area (Å²) >= 11 is 6.03. The molecule has 2 aromatic rings. The number of rotatable bonds is 2. The number of anilines is 1. The van der Waals surface area contributed by atoms with Crippen LogP contribution in [0.4, 0.5) is 5.69 Å². The highest BCUT2D eigenvalue weighted by Gasteiger charge is 2.19. The van der Waals surface area contributed by atoms with Crippen molar-refractivity contribution in [3.63, 3.8) is 0 Å². The number of halogens is 1. The summed E-state index contributed by atoms with van der Waals surface area (Å²) < 4.78 is 0. The lowest BCUT2D eigenvalue weighted by molar-refractivity contribution is 0.102. The van der Waals surface area contributed by atoms with Gasteiger partial charge in [0.15, 0.2) is 0 Å². The SMILES string of the molecule is Cc1ncccc1NC(=O)c1cc(Cl)nc(C(C)(C)C)c1. The lowest BCUT2D eigenvalue weighted by atomic mass is 9.91. The number of aromatic nitrogens is 2. The second-order valence-electron chi connectivity index (χ2n) is 5.90. The summed E-state index contributed by atoms with van der Waals surface area (Å²) in [4.78, 5) is 20.8. The van der Waals surface area contributed by atoms with Gasteiger partial charge in [0.1, 0.15) is 5.15 Å². The van der Waals surface area contributed by atoms with Gasteiger partial charge in [0.2, 0.25) is 0 Å². The number of nitrogens with one attached hydrogen (secondary N) is 1. The van der Waals surface area contributed by atoms with Crippen LogP contribution in [0.15, 0.2) is 30.5 Å². The van der Waals surface area contributed by atoms with Crippen LogP contribution in [0.1, 0.15) is 42.5 Å². The van der Waals surface area contributed by atoms with Gasteiger partial charge in [-0.05, 0) is 31.2 Å². The van der Waals surface area contributed by atoms with E-state index in [1.165, 1.54) is 0 Å². The molecule has 0 bridgehead atoms. The van der Waals surface area contributed by atoms with Crippen molar-refractivity contribution in [2.24, 2.45) is 0 Å². The molecule has 0 aromatic carbocycles. The van der Waals surface area contributed by atoms with Crippen LogP contribution in [0.2, 0.25) is 5.15 Å². The van der Waals surface area contributed by atoms with Gasteiger partial charge in [-0.1, -0.05) is 32.4 Å². The number of hydrogen-bond donors (Lipinski definition) is 1. The predicted molar refractivity (Wildman–Crippen MR) is 84.9 cm³/mol. The minimum Gasteiger partial charge on any atom is -0.320 e. The molecule has 110 valence electrons. The van der Waals surface area contributed by atoms with Crippen molar-refractivity contribution in [1.29, 1.82) is 0 Å². The molecule has 0 aliphatic carbocycles. The molecule has 0 radical (unpaired) electrons. The maximum Gasteiger partial charge on any atom is 0.255 e. The van der Waals surface area contributed by atoms with E-state index in [0.717, 1.165) is 11.4 Å². The van der Waals surface area contributed by atoms with Crippen LogP contribution in [0.5, 0.6) is 0 Å². The first-order valence-corrected chi connectivity index (χ1v) is 7.06. The van der Waals surface area contributed by atoms with Crippen LogP contribution in [0, 0.1) is 6.92 Å². The summed E-state index contributed by atoms with van der Waals surface area (Å²) in [5, 5.41) is 3.16. The molecule has 0 atom stereocenters. The lowest BCUT2D eigenvalue weighted by Crippen LogP contribution is -2.18. The Morgan fingerprint density at radius 3 is 2.62 bits per heavy atom. The molecule has 0 aliphatic heterocycles. The van der Waals surface area contributed by atoms with Crippen molar-refractivity contribution < 1.29 is 4.79 Å². The molecule has 0 aliphatic rings. The van der Waals surface area contributed by atoms with Gasteiger partial charge in [-0.15, -0.1) is 0 Å². The van der Waals surface area contributed by atoms with Gasteiger partial charge in [0.25, 0.3) is 5.91 Å². The Hall–Kier alpha value is -1.94. The number of carbonyl (C=O) groups is 1. The number of nitrogens with zero attached hydrogens (tertiary/aromatic N) is 2. The number of amides is 1. The van der Waals surface area contributed by atoms with Gasteiger partial charge >= 0.3 is 0 Å². The van der Waals surface area contributed by atoms with Gasteiger partial charge in [-0.2, -0.15) is 0 Å². The summed E-state index contributed by atoms with van der Waals surface area (Å²) in [5.41, 5.74) is 2.55. The Labute approximate surface area is 129 Å². The number of pyridine rings is 2. The highest BCUT2D eigenvalue weighted by molar-refractivity contribution is 6.29. The number of carbonyl (C=O) groups excluding carboxylic acids is 1. The second-order valence-corrected chi connectivity index (χ2v) is 6.29. The quantitative estimate of drug-likeness (QED) is 0.854. The van der Waals surface area contributed by atoms with Crippen molar-refractivity contribution >= 4 is 23.2 Å². The van der Waals surface area contributed by atoms with Crippen molar-refractivity contribution in [2.75, 3.05) is 5.32 Å². The highest BCUT2D eigenvalue weighted by atomic mass is 35.5. The highest BCUT2D eigenvalue weighted by Crippen LogP contribution is 2.24. The van der Waals surface area contributed by atoms with Crippen molar-refractivity contribution in [2.45, 2.75) is 33.1 Å². The molecule has 21 heavy (non-hydrogen) atoms. The molecule has 0 saturated heterocycles. The standard InChI is InChI=1S/C16H18ClN3O/c1-10-12(6-5-7-18-10)19-15(21)11-8-13(16(2,3)4)20-14(17)9-11/h5-9H,1-4H3,(H,19,21). The van der Waals surface area contributed by atoms with E-state index in [0.29, 0.717) is 16.4 Å². The molecule has 1 amide bonds. The van der Waals surface area contributed by atoms with Crippen LogP contribution in [0.25, 0.3) is 0 Å². The zero-order valence-electron chi connectivity index (χ0n) is 12.6. The number of hydrogen-bond acceptors (Lipinski definition) is 3. The maximum absolute atomic E-state index is 12.4. The molecular formula is C16H18ClN3O. The maximum atomic E-state index is 12.4. The molecular weight excluding hydrogens is 286 g/mol. The average molecular weight is 304 g/mol. The molecule has 4 nitrogen and oxygen atoms in total. The summed E-state index contributed by atoms with van der Waals surface area (Å²) in [5.74, 6) is -0.221. The van der Waals surface area contributed by atoms with E-state index < -0.39 is 0 Å². The largest absolute Gasteiger partial charge is 0.320 e. The zero-order chi connectivity index (χ0) is 15.6. The average Bonchev–Trinajstić information content (AvgIpc) is 2.39. The van der Waals surface area contributed by atoms with E-state index in [1.54, 1.807) is 24.4 Å². The topological polar surface area (TPSA) is 54.9 Å². The predicted octanol–water partition coefficient (Wildman–Crippen LogP) is 3.99. The minimum atomic E-state index is -0.221. The third kappa shape index (κ3) is 3.79. The van der Waals surface area contributed by atoms with Crippen LogP contribution in [0.3, 0.4) is 0 Å². The smallest absolute Gasteiger partial charge is 0.255 e. The Balaban J connectivity index is 2.32. The van der Waals surface area contributed by atoms with Crippen molar-refractivity contribution in [1.82, 2.24) is 9.97 Å².